The molecule has 9 heteroatoms. The highest BCUT2D eigenvalue weighted by Crippen LogP contribution is 2.32. The summed E-state index contributed by atoms with van der Waals surface area (Å²) < 4.78 is 9.93. The van der Waals surface area contributed by atoms with Gasteiger partial charge in [0.05, 0.1) is 35.6 Å². The van der Waals surface area contributed by atoms with Gasteiger partial charge in [-0.2, -0.15) is 0 Å². The predicted molar refractivity (Wildman–Crippen MR) is 100 cm³/mol. The molecule has 1 aliphatic rings. The van der Waals surface area contributed by atoms with Gasteiger partial charge < -0.3 is 14.8 Å². The maximum Gasteiger partial charge on any atom is 0.333 e. The number of carbonyl (C=O) groups excluding carboxylic acids is 3. The van der Waals surface area contributed by atoms with E-state index in [0.29, 0.717) is 21.5 Å². The van der Waals surface area contributed by atoms with E-state index in [0.717, 1.165) is 0 Å². The molecule has 0 radical (unpaired) electrons. The molecule has 1 heterocycles. The van der Waals surface area contributed by atoms with Crippen molar-refractivity contribution in [1.82, 2.24) is 4.90 Å². The highest BCUT2D eigenvalue weighted by molar-refractivity contribution is 8.04. The molecule has 140 valence electrons. The zero-order valence-electron chi connectivity index (χ0n) is 14.6. The quantitative estimate of drug-likeness (QED) is 0.585. The summed E-state index contributed by atoms with van der Waals surface area (Å²) in [6.45, 7) is 3.51. The van der Waals surface area contributed by atoms with Gasteiger partial charge in [-0.3, -0.25) is 14.5 Å². The summed E-state index contributed by atoms with van der Waals surface area (Å²) in [5.41, 5.74) is 0.475. The van der Waals surface area contributed by atoms with Crippen molar-refractivity contribution in [3.05, 3.63) is 34.3 Å². The molecule has 26 heavy (non-hydrogen) atoms. The maximum atomic E-state index is 12.5. The average Bonchev–Trinajstić information content (AvgIpc) is 2.94. The monoisotopic (exact) mass is 398 g/mol. The topological polar surface area (TPSA) is 84.9 Å². The summed E-state index contributed by atoms with van der Waals surface area (Å²) in [5.74, 6) is -0.553. The molecule has 1 fully saturated rings. The molecule has 0 aliphatic carbocycles. The molecule has 1 saturated heterocycles. The molecule has 2 rings (SSSR count). The Hall–Kier alpha value is -2.19. The highest BCUT2D eigenvalue weighted by Gasteiger charge is 2.35. The molecule has 0 bridgehead atoms. The highest BCUT2D eigenvalue weighted by atomic mass is 35.5. The number of halogens is 1. The van der Waals surface area contributed by atoms with Crippen LogP contribution >= 0.6 is 23.4 Å². The second-order valence-corrected chi connectivity index (χ2v) is 6.70. The molecule has 0 aromatic heterocycles. The standard InChI is InChI=1S/C17H19ClN2O5S/c1-4-25-16(22)8-15-20(14(21)9-26-15)10(2)17(23)19-11-5-6-13(24-3)12(18)7-11/h5-8,10H,4,9H2,1-3H3,(H,19,23)/b15-8-. The van der Waals surface area contributed by atoms with Crippen LogP contribution in [-0.2, 0) is 19.1 Å². The van der Waals surface area contributed by atoms with Gasteiger partial charge in [-0.1, -0.05) is 23.4 Å². The van der Waals surface area contributed by atoms with Crippen molar-refractivity contribution in [3.8, 4) is 5.75 Å². The van der Waals surface area contributed by atoms with E-state index < -0.39 is 17.9 Å². The van der Waals surface area contributed by atoms with E-state index in [-0.39, 0.29) is 18.3 Å². The lowest BCUT2D eigenvalue weighted by Crippen LogP contribution is -2.42. The first-order chi connectivity index (χ1) is 12.4. The van der Waals surface area contributed by atoms with Crippen molar-refractivity contribution in [2.24, 2.45) is 0 Å². The van der Waals surface area contributed by atoms with Crippen molar-refractivity contribution < 1.29 is 23.9 Å². The summed E-state index contributed by atoms with van der Waals surface area (Å²) in [7, 11) is 1.50. The van der Waals surface area contributed by atoms with Gasteiger partial charge in [0.25, 0.3) is 0 Å². The minimum absolute atomic E-state index is 0.164. The largest absolute Gasteiger partial charge is 0.495 e. The number of nitrogens with one attached hydrogen (secondary N) is 1. The van der Waals surface area contributed by atoms with Crippen molar-refractivity contribution in [1.29, 1.82) is 0 Å². The van der Waals surface area contributed by atoms with E-state index in [1.165, 1.54) is 29.8 Å². The summed E-state index contributed by atoms with van der Waals surface area (Å²) >= 11 is 7.24. The van der Waals surface area contributed by atoms with Crippen LogP contribution in [0.1, 0.15) is 13.8 Å². The lowest BCUT2D eigenvalue weighted by molar-refractivity contribution is -0.137. The van der Waals surface area contributed by atoms with E-state index in [2.05, 4.69) is 5.32 Å². The molecule has 2 amide bonds. The number of anilines is 1. The van der Waals surface area contributed by atoms with Crippen LogP contribution in [0, 0.1) is 0 Å². The Labute approximate surface area is 160 Å². The maximum absolute atomic E-state index is 12.5. The fourth-order valence-electron chi connectivity index (χ4n) is 2.31. The van der Waals surface area contributed by atoms with Crippen LogP contribution < -0.4 is 10.1 Å². The number of thioether (sulfide) groups is 1. The molecule has 1 aromatic carbocycles. The van der Waals surface area contributed by atoms with E-state index >= 15 is 0 Å². The van der Waals surface area contributed by atoms with Crippen LogP contribution in [0.5, 0.6) is 5.75 Å². The van der Waals surface area contributed by atoms with Gasteiger partial charge >= 0.3 is 5.97 Å². The fourth-order valence-corrected chi connectivity index (χ4v) is 3.56. The van der Waals surface area contributed by atoms with Crippen molar-refractivity contribution in [3.63, 3.8) is 0 Å². The second-order valence-electron chi connectivity index (χ2n) is 5.30. The number of carbonyl (C=O) groups is 3. The number of ether oxygens (including phenoxy) is 2. The Morgan fingerprint density at radius 1 is 1.46 bits per heavy atom. The fraction of sp³-hybridized carbons (Fsp3) is 0.353. The third kappa shape index (κ3) is 4.70. The number of hydrogen-bond donors (Lipinski definition) is 1. The average molecular weight is 399 g/mol. The van der Waals surface area contributed by atoms with E-state index in [4.69, 9.17) is 21.1 Å². The van der Waals surface area contributed by atoms with Crippen molar-refractivity contribution in [2.75, 3.05) is 24.8 Å². The van der Waals surface area contributed by atoms with Crippen LogP contribution in [-0.4, -0.2) is 48.2 Å². The van der Waals surface area contributed by atoms with Gasteiger partial charge in [0, 0.05) is 5.69 Å². The van der Waals surface area contributed by atoms with Crippen LogP contribution in [0.15, 0.2) is 29.3 Å². The number of amides is 2. The van der Waals surface area contributed by atoms with Crippen LogP contribution in [0.4, 0.5) is 5.69 Å². The van der Waals surface area contributed by atoms with Gasteiger partial charge in [0.1, 0.15) is 11.8 Å². The van der Waals surface area contributed by atoms with Gasteiger partial charge in [-0.25, -0.2) is 4.79 Å². The first kappa shape index (κ1) is 20.1. The second kappa shape index (κ2) is 8.95. The Bertz CT molecular complexity index is 753. The third-order valence-corrected chi connectivity index (χ3v) is 4.86. The van der Waals surface area contributed by atoms with E-state index in [1.807, 2.05) is 0 Å². The molecule has 7 nitrogen and oxygen atoms in total. The van der Waals surface area contributed by atoms with E-state index in [9.17, 15) is 14.4 Å². The zero-order valence-corrected chi connectivity index (χ0v) is 16.1. The van der Waals surface area contributed by atoms with E-state index in [1.54, 1.807) is 32.0 Å². The summed E-state index contributed by atoms with van der Waals surface area (Å²) in [6, 6.07) is 4.02. The number of rotatable bonds is 6. The number of nitrogens with zero attached hydrogens (tertiary/aromatic N) is 1. The van der Waals surface area contributed by atoms with Gasteiger partial charge in [-0.05, 0) is 32.0 Å². The molecule has 0 saturated carbocycles. The molecule has 1 unspecified atom stereocenters. The molecule has 1 aliphatic heterocycles. The zero-order chi connectivity index (χ0) is 19.3. The van der Waals surface area contributed by atoms with Crippen LogP contribution in [0.2, 0.25) is 5.02 Å². The summed E-state index contributed by atoms with van der Waals surface area (Å²) in [4.78, 5) is 37.6. The lowest BCUT2D eigenvalue weighted by atomic mass is 10.2. The summed E-state index contributed by atoms with van der Waals surface area (Å²) in [6.07, 6.45) is 1.23. The lowest BCUT2D eigenvalue weighted by Gasteiger charge is -2.24. The molecular weight excluding hydrogens is 380 g/mol. The minimum Gasteiger partial charge on any atom is -0.495 e. The Morgan fingerprint density at radius 3 is 2.81 bits per heavy atom. The van der Waals surface area contributed by atoms with Crippen molar-refractivity contribution in [2.45, 2.75) is 19.9 Å². The van der Waals surface area contributed by atoms with Crippen molar-refractivity contribution >= 4 is 46.8 Å². The number of hydrogen-bond acceptors (Lipinski definition) is 6. The van der Waals surface area contributed by atoms with Gasteiger partial charge in [0.15, 0.2) is 0 Å². The number of esters is 1. The SMILES string of the molecule is CCOC(=O)/C=C1\SCC(=O)N1C(C)C(=O)Nc1ccc(OC)c(Cl)c1. The normalized spacial score (nSPS) is 16.5. The number of methoxy groups -OCH3 is 1. The Balaban J connectivity index is 2.13. The first-order valence-electron chi connectivity index (χ1n) is 7.85. The third-order valence-electron chi connectivity index (χ3n) is 3.56. The molecule has 1 N–H and O–H groups in total. The van der Waals surface area contributed by atoms with Crippen LogP contribution in [0.3, 0.4) is 0 Å². The van der Waals surface area contributed by atoms with Crippen LogP contribution in [0.25, 0.3) is 0 Å². The summed E-state index contributed by atoms with van der Waals surface area (Å²) in [5, 5.41) is 3.45. The molecule has 1 atom stereocenters. The van der Waals surface area contributed by atoms with Gasteiger partial charge in [-0.15, -0.1) is 0 Å². The predicted octanol–water partition coefficient (Wildman–Crippen LogP) is 2.66. The first-order valence-corrected chi connectivity index (χ1v) is 9.21. The minimum atomic E-state index is -0.806. The molecule has 1 aromatic rings. The number of benzene rings is 1. The molecule has 0 spiro atoms. The Morgan fingerprint density at radius 2 is 2.19 bits per heavy atom. The Kier molecular flexibility index (Phi) is 6.93. The van der Waals surface area contributed by atoms with Gasteiger partial charge in [0.2, 0.25) is 11.8 Å². The smallest absolute Gasteiger partial charge is 0.333 e. The molecular formula is C17H19ClN2O5S.